The third-order valence-corrected chi connectivity index (χ3v) is 9.21. The minimum absolute atomic E-state index is 0.605. The van der Waals surface area contributed by atoms with Crippen LogP contribution in [-0.4, -0.2) is 6.16 Å². The van der Waals surface area contributed by atoms with Gasteiger partial charge in [0.05, 0.1) is 6.16 Å². The van der Waals surface area contributed by atoms with Crippen LogP contribution in [0.25, 0.3) is 0 Å². The summed E-state index contributed by atoms with van der Waals surface area (Å²) in [4.78, 5) is 0. The van der Waals surface area contributed by atoms with Crippen molar-refractivity contribution in [3.63, 3.8) is 0 Å². The van der Waals surface area contributed by atoms with Crippen molar-refractivity contribution in [2.45, 2.75) is 20.3 Å². The van der Waals surface area contributed by atoms with E-state index in [4.69, 9.17) is 0 Å². The lowest BCUT2D eigenvalue weighted by molar-refractivity contribution is 0.826. The van der Waals surface area contributed by atoms with Gasteiger partial charge in [0.2, 0.25) is 0 Å². The van der Waals surface area contributed by atoms with E-state index in [2.05, 4.69) is 117 Å². The molecule has 0 aliphatic carbocycles. The molecule has 0 nitrogen and oxygen atoms in total. The molecule has 3 aromatic rings. The zero-order valence-corrected chi connectivity index (χ0v) is 16.6. The lowest BCUT2D eigenvalue weighted by Crippen LogP contribution is -2.33. The smallest absolute Gasteiger partial charge is 0.0858 e. The van der Waals surface area contributed by atoms with E-state index in [1.807, 2.05) is 0 Å². The minimum Gasteiger partial charge on any atom is -0.0858 e. The number of rotatable bonds is 7. The van der Waals surface area contributed by atoms with Crippen LogP contribution in [0.15, 0.2) is 103 Å². The highest BCUT2D eigenvalue weighted by atomic mass is 31.2. The van der Waals surface area contributed by atoms with Gasteiger partial charge in [-0.25, -0.2) is 0 Å². The summed E-state index contributed by atoms with van der Waals surface area (Å²) in [7, 11) is -1.66. The van der Waals surface area contributed by atoms with E-state index in [9.17, 15) is 0 Å². The second-order valence-electron chi connectivity index (χ2n) is 7.00. The molecule has 0 N–H and O–H groups in total. The van der Waals surface area contributed by atoms with Gasteiger partial charge < -0.3 is 0 Å². The summed E-state index contributed by atoms with van der Waals surface area (Å²) in [6.07, 6.45) is 6.96. The van der Waals surface area contributed by atoms with Crippen LogP contribution in [0, 0.1) is 5.92 Å². The number of hydrogen-bond donors (Lipinski definition) is 0. The van der Waals surface area contributed by atoms with Crippen molar-refractivity contribution in [3.05, 3.63) is 103 Å². The lowest BCUT2D eigenvalue weighted by atomic mass is 10.2. The predicted molar refractivity (Wildman–Crippen MR) is 119 cm³/mol. The van der Waals surface area contributed by atoms with E-state index in [0.29, 0.717) is 5.92 Å². The fraction of sp³-hybridized carbons (Fsp3) is 0.200. The van der Waals surface area contributed by atoms with Crippen molar-refractivity contribution in [3.8, 4) is 0 Å². The van der Waals surface area contributed by atoms with Crippen LogP contribution in [0.1, 0.15) is 20.3 Å². The van der Waals surface area contributed by atoms with Gasteiger partial charge in [0.15, 0.2) is 0 Å². The maximum Gasteiger partial charge on any atom is 0.112 e. The summed E-state index contributed by atoms with van der Waals surface area (Å²) in [6.45, 7) is 4.48. The second-order valence-corrected chi connectivity index (χ2v) is 10.6. The van der Waals surface area contributed by atoms with Gasteiger partial charge in [-0.3, -0.25) is 0 Å². The standard InChI is InChI=1S/C25H28P/c1-22(2)14-12-13-21-26(23-15-6-3-7-16-23,24-17-8-4-9-18-24)25-19-10-5-11-20-25/h3-12,14-20,22H,13,21H2,1-2H3/q+1. The molecular weight excluding hydrogens is 331 g/mol. The Balaban J connectivity index is 2.15. The van der Waals surface area contributed by atoms with Gasteiger partial charge in [0.1, 0.15) is 23.2 Å². The van der Waals surface area contributed by atoms with Gasteiger partial charge >= 0.3 is 0 Å². The Morgan fingerprint density at radius 2 is 1.04 bits per heavy atom. The molecule has 0 bridgehead atoms. The van der Waals surface area contributed by atoms with Crippen LogP contribution in [0.5, 0.6) is 0 Å². The SMILES string of the molecule is CC(C)C=CCC[P+](c1ccccc1)(c1ccccc1)c1ccccc1. The molecule has 3 rings (SSSR count). The Hall–Kier alpha value is -2.17. The fourth-order valence-electron chi connectivity index (χ4n) is 3.52. The summed E-state index contributed by atoms with van der Waals surface area (Å²) in [5, 5.41) is 4.40. The molecule has 0 spiro atoms. The van der Waals surface area contributed by atoms with E-state index in [1.165, 1.54) is 15.9 Å². The Labute approximate surface area is 158 Å². The third-order valence-electron chi connectivity index (χ3n) is 4.74. The van der Waals surface area contributed by atoms with Gasteiger partial charge in [-0.2, -0.15) is 0 Å². The van der Waals surface area contributed by atoms with Gasteiger partial charge in [0.25, 0.3) is 0 Å². The van der Waals surface area contributed by atoms with Crippen molar-refractivity contribution in [2.75, 3.05) is 6.16 Å². The van der Waals surface area contributed by atoms with E-state index in [0.717, 1.165) is 12.6 Å². The normalized spacial score (nSPS) is 12.0. The molecule has 132 valence electrons. The first kappa shape index (κ1) is 18.6. The molecule has 0 fully saturated rings. The zero-order valence-electron chi connectivity index (χ0n) is 15.8. The summed E-state index contributed by atoms with van der Waals surface area (Å²) < 4.78 is 0. The Morgan fingerprint density at radius 3 is 1.38 bits per heavy atom. The Bertz CT molecular complexity index is 708. The molecule has 3 aromatic carbocycles. The minimum atomic E-state index is -1.66. The van der Waals surface area contributed by atoms with Crippen molar-refractivity contribution in [2.24, 2.45) is 5.92 Å². The highest BCUT2D eigenvalue weighted by Gasteiger charge is 2.44. The molecule has 0 aliphatic heterocycles. The number of hydrogen-bond acceptors (Lipinski definition) is 0. The van der Waals surface area contributed by atoms with Crippen LogP contribution < -0.4 is 15.9 Å². The molecule has 0 unspecified atom stereocenters. The zero-order chi connectivity index (χ0) is 18.2. The third kappa shape index (κ3) is 4.14. The molecule has 1 heteroatoms. The molecule has 26 heavy (non-hydrogen) atoms. The summed E-state index contributed by atoms with van der Waals surface area (Å²) in [5.41, 5.74) is 0. The maximum absolute atomic E-state index is 2.37. The van der Waals surface area contributed by atoms with E-state index < -0.39 is 7.26 Å². The predicted octanol–water partition coefficient (Wildman–Crippen LogP) is 5.58. The first-order chi connectivity index (χ1) is 12.7. The van der Waals surface area contributed by atoms with Crippen LogP contribution >= 0.6 is 7.26 Å². The van der Waals surface area contributed by atoms with E-state index >= 15 is 0 Å². The van der Waals surface area contributed by atoms with Crippen molar-refractivity contribution in [1.29, 1.82) is 0 Å². The molecule has 0 saturated heterocycles. The average molecular weight is 359 g/mol. The van der Waals surface area contributed by atoms with E-state index in [-0.39, 0.29) is 0 Å². The van der Waals surface area contributed by atoms with E-state index in [1.54, 1.807) is 0 Å². The molecule has 0 heterocycles. The van der Waals surface area contributed by atoms with Crippen molar-refractivity contribution >= 4 is 23.2 Å². The molecule has 0 radical (unpaired) electrons. The molecule has 0 amide bonds. The molecule has 0 aliphatic rings. The first-order valence-electron chi connectivity index (χ1n) is 9.45. The number of allylic oxidation sites excluding steroid dienone is 2. The maximum atomic E-state index is 2.37. The molecular formula is C25H28P+. The van der Waals surface area contributed by atoms with Gasteiger partial charge in [-0.15, -0.1) is 0 Å². The average Bonchev–Trinajstić information content (AvgIpc) is 2.70. The van der Waals surface area contributed by atoms with Gasteiger partial charge in [0, 0.05) is 6.42 Å². The van der Waals surface area contributed by atoms with Crippen LogP contribution in [0.4, 0.5) is 0 Å². The summed E-state index contributed by atoms with van der Waals surface area (Å²) >= 11 is 0. The monoisotopic (exact) mass is 359 g/mol. The quantitative estimate of drug-likeness (QED) is 0.381. The van der Waals surface area contributed by atoms with Gasteiger partial charge in [-0.1, -0.05) is 80.6 Å². The topological polar surface area (TPSA) is 0 Å². The first-order valence-corrected chi connectivity index (χ1v) is 11.4. The van der Waals surface area contributed by atoms with Crippen molar-refractivity contribution < 1.29 is 0 Å². The van der Waals surface area contributed by atoms with Crippen LogP contribution in [0.2, 0.25) is 0 Å². The second kappa shape index (κ2) is 8.97. The van der Waals surface area contributed by atoms with Crippen molar-refractivity contribution in [1.82, 2.24) is 0 Å². The van der Waals surface area contributed by atoms with Crippen LogP contribution in [-0.2, 0) is 0 Å². The molecule has 0 atom stereocenters. The Kier molecular flexibility index (Phi) is 6.42. The molecule has 0 saturated carbocycles. The number of benzene rings is 3. The van der Waals surface area contributed by atoms with Crippen LogP contribution in [0.3, 0.4) is 0 Å². The fourth-order valence-corrected chi connectivity index (χ4v) is 7.77. The summed E-state index contributed by atoms with van der Waals surface area (Å²) in [6, 6.07) is 33.4. The Morgan fingerprint density at radius 1 is 0.654 bits per heavy atom. The molecule has 0 aromatic heterocycles. The largest absolute Gasteiger partial charge is 0.112 e. The highest BCUT2D eigenvalue weighted by Crippen LogP contribution is 2.55. The lowest BCUT2D eigenvalue weighted by Gasteiger charge is -2.27. The highest BCUT2D eigenvalue weighted by molar-refractivity contribution is 7.95. The summed E-state index contributed by atoms with van der Waals surface area (Å²) in [5.74, 6) is 0.605. The van der Waals surface area contributed by atoms with Gasteiger partial charge in [-0.05, 0) is 42.3 Å².